The number of amides is 1. The van der Waals surface area contributed by atoms with Crippen molar-refractivity contribution in [2.75, 3.05) is 6.54 Å². The van der Waals surface area contributed by atoms with Crippen molar-refractivity contribution in [3.63, 3.8) is 0 Å². The largest absolute Gasteiger partial charge is 0.478 e. The Morgan fingerprint density at radius 3 is 2.59 bits per heavy atom. The van der Waals surface area contributed by atoms with E-state index in [0.717, 1.165) is 24.3 Å². The fourth-order valence-corrected chi connectivity index (χ4v) is 1.59. The molecule has 0 aliphatic carbocycles. The van der Waals surface area contributed by atoms with Crippen LogP contribution in [0.3, 0.4) is 0 Å². The summed E-state index contributed by atoms with van der Waals surface area (Å²) in [6.45, 7) is 1.53. The lowest BCUT2D eigenvalue weighted by molar-refractivity contribution is -0.137. The van der Waals surface area contributed by atoms with Crippen molar-refractivity contribution in [3.8, 4) is 0 Å². The van der Waals surface area contributed by atoms with Crippen LogP contribution in [0.1, 0.15) is 18.1 Å². The van der Waals surface area contributed by atoms with Gasteiger partial charge in [-0.3, -0.25) is 4.79 Å². The average molecular weight is 313 g/mol. The molecule has 1 amide bonds. The fraction of sp³-hybridized carbons (Fsp3) is 0.200. The molecule has 1 aromatic rings. The Kier molecular flexibility index (Phi) is 5.91. The molecule has 0 saturated heterocycles. The van der Waals surface area contributed by atoms with Gasteiger partial charge in [0.15, 0.2) is 0 Å². The standard InChI is InChI=1S/C15H14F3NO3/c1-10(8-13(20)19-7-3-6-14(21)22)11-4-2-5-12(9-11)15(16,17)18/h2-6,8-9H,7H2,1H3,(H,19,20)(H,21,22)/b6-3+,10-8+. The van der Waals surface area contributed by atoms with Gasteiger partial charge in [-0.25, -0.2) is 4.79 Å². The molecular weight excluding hydrogens is 299 g/mol. The van der Waals surface area contributed by atoms with E-state index in [1.165, 1.54) is 25.1 Å². The Hall–Kier alpha value is -2.57. The zero-order valence-corrected chi connectivity index (χ0v) is 11.6. The van der Waals surface area contributed by atoms with Crippen molar-refractivity contribution in [2.45, 2.75) is 13.1 Å². The maximum atomic E-state index is 12.6. The van der Waals surface area contributed by atoms with Gasteiger partial charge in [-0.1, -0.05) is 18.2 Å². The second-order valence-corrected chi connectivity index (χ2v) is 4.39. The van der Waals surface area contributed by atoms with Crippen LogP contribution in [0.25, 0.3) is 5.57 Å². The van der Waals surface area contributed by atoms with Crippen LogP contribution in [-0.4, -0.2) is 23.5 Å². The summed E-state index contributed by atoms with van der Waals surface area (Å²) in [5, 5.41) is 10.8. The van der Waals surface area contributed by atoms with Crippen molar-refractivity contribution in [1.29, 1.82) is 0 Å². The smallest absolute Gasteiger partial charge is 0.416 e. The number of carboxylic acid groups (broad SMARTS) is 1. The molecule has 1 aromatic carbocycles. The van der Waals surface area contributed by atoms with Crippen molar-refractivity contribution in [3.05, 3.63) is 53.6 Å². The van der Waals surface area contributed by atoms with Crippen LogP contribution >= 0.6 is 0 Å². The number of hydrogen-bond donors (Lipinski definition) is 2. The number of halogens is 3. The van der Waals surface area contributed by atoms with Crippen molar-refractivity contribution < 1.29 is 27.9 Å². The first-order valence-electron chi connectivity index (χ1n) is 6.23. The Morgan fingerprint density at radius 1 is 1.32 bits per heavy atom. The lowest BCUT2D eigenvalue weighted by Crippen LogP contribution is -2.21. The highest BCUT2D eigenvalue weighted by Gasteiger charge is 2.30. The van der Waals surface area contributed by atoms with Gasteiger partial charge in [-0.2, -0.15) is 13.2 Å². The van der Waals surface area contributed by atoms with E-state index < -0.39 is 23.6 Å². The average Bonchev–Trinajstić information content (AvgIpc) is 2.42. The summed E-state index contributed by atoms with van der Waals surface area (Å²) in [4.78, 5) is 21.8. The van der Waals surface area contributed by atoms with E-state index in [9.17, 15) is 22.8 Å². The third-order valence-corrected chi connectivity index (χ3v) is 2.65. The molecule has 0 unspecified atom stereocenters. The van der Waals surface area contributed by atoms with Crippen LogP contribution in [0.15, 0.2) is 42.5 Å². The molecule has 118 valence electrons. The molecule has 0 fully saturated rings. The highest BCUT2D eigenvalue weighted by molar-refractivity contribution is 5.95. The second-order valence-electron chi connectivity index (χ2n) is 4.39. The van der Waals surface area contributed by atoms with Gasteiger partial charge in [-0.05, 0) is 30.2 Å². The number of carbonyl (C=O) groups is 2. The van der Waals surface area contributed by atoms with Crippen molar-refractivity contribution in [1.82, 2.24) is 5.32 Å². The van der Waals surface area contributed by atoms with E-state index >= 15 is 0 Å². The molecule has 7 heteroatoms. The monoisotopic (exact) mass is 313 g/mol. The highest BCUT2D eigenvalue weighted by Crippen LogP contribution is 2.30. The van der Waals surface area contributed by atoms with Gasteiger partial charge in [0.05, 0.1) is 5.56 Å². The normalized spacial score (nSPS) is 12.5. The maximum absolute atomic E-state index is 12.6. The molecule has 22 heavy (non-hydrogen) atoms. The van der Waals surface area contributed by atoms with E-state index in [-0.39, 0.29) is 12.1 Å². The van der Waals surface area contributed by atoms with Gasteiger partial charge in [0.2, 0.25) is 5.91 Å². The molecule has 4 nitrogen and oxygen atoms in total. The summed E-state index contributed by atoms with van der Waals surface area (Å²) < 4.78 is 37.8. The molecular formula is C15H14F3NO3. The third kappa shape index (κ3) is 5.82. The summed E-state index contributed by atoms with van der Waals surface area (Å²) >= 11 is 0. The number of rotatable bonds is 5. The molecule has 0 radical (unpaired) electrons. The zero-order valence-electron chi connectivity index (χ0n) is 11.6. The van der Waals surface area contributed by atoms with Crippen LogP contribution in [0.4, 0.5) is 13.2 Å². The molecule has 0 bridgehead atoms. The molecule has 2 N–H and O–H groups in total. The number of nitrogens with one attached hydrogen (secondary N) is 1. The number of benzene rings is 1. The zero-order chi connectivity index (χ0) is 16.8. The fourth-order valence-electron chi connectivity index (χ4n) is 1.59. The van der Waals surface area contributed by atoms with E-state index in [1.807, 2.05) is 0 Å². The Balaban J connectivity index is 2.76. The van der Waals surface area contributed by atoms with E-state index in [1.54, 1.807) is 0 Å². The second kappa shape index (κ2) is 7.44. The van der Waals surface area contributed by atoms with Gasteiger partial charge in [0, 0.05) is 18.7 Å². The van der Waals surface area contributed by atoms with Gasteiger partial charge < -0.3 is 10.4 Å². The summed E-state index contributed by atoms with van der Waals surface area (Å²) in [5.74, 6) is -1.66. The Labute approximate surface area is 125 Å². The lowest BCUT2D eigenvalue weighted by Gasteiger charge is -2.09. The predicted octanol–water partition coefficient (Wildman–Crippen LogP) is 2.87. The number of carbonyl (C=O) groups excluding carboxylic acids is 1. The van der Waals surface area contributed by atoms with E-state index in [0.29, 0.717) is 5.57 Å². The van der Waals surface area contributed by atoms with Crippen molar-refractivity contribution in [2.24, 2.45) is 0 Å². The maximum Gasteiger partial charge on any atom is 0.416 e. The quantitative estimate of drug-likeness (QED) is 0.822. The number of allylic oxidation sites excluding steroid dienone is 1. The summed E-state index contributed by atoms with van der Waals surface area (Å²) in [6, 6.07) is 4.65. The third-order valence-electron chi connectivity index (χ3n) is 2.65. The minimum atomic E-state index is -4.44. The molecule has 0 saturated carbocycles. The van der Waals surface area contributed by atoms with E-state index in [4.69, 9.17) is 5.11 Å². The van der Waals surface area contributed by atoms with Gasteiger partial charge >= 0.3 is 12.1 Å². The molecule has 0 aliphatic heterocycles. The van der Waals surface area contributed by atoms with Gasteiger partial charge in [0.1, 0.15) is 0 Å². The molecule has 0 spiro atoms. The summed E-state index contributed by atoms with van der Waals surface area (Å²) in [5.41, 5.74) is -0.139. The van der Waals surface area contributed by atoms with Crippen LogP contribution in [0, 0.1) is 0 Å². The van der Waals surface area contributed by atoms with Crippen molar-refractivity contribution >= 4 is 17.4 Å². The summed E-state index contributed by atoms with van der Waals surface area (Å²) in [6.07, 6.45) is -1.17. The molecule has 0 atom stereocenters. The van der Waals surface area contributed by atoms with Gasteiger partial charge in [-0.15, -0.1) is 0 Å². The van der Waals surface area contributed by atoms with Crippen LogP contribution in [-0.2, 0) is 15.8 Å². The minimum absolute atomic E-state index is 0.0114. The number of carboxylic acids is 1. The van der Waals surface area contributed by atoms with E-state index in [2.05, 4.69) is 5.32 Å². The molecule has 0 aliphatic rings. The van der Waals surface area contributed by atoms with Gasteiger partial charge in [0.25, 0.3) is 0 Å². The lowest BCUT2D eigenvalue weighted by atomic mass is 10.0. The number of alkyl halides is 3. The Morgan fingerprint density at radius 2 is 2.00 bits per heavy atom. The minimum Gasteiger partial charge on any atom is -0.478 e. The first-order chi connectivity index (χ1) is 10.2. The first kappa shape index (κ1) is 17.5. The molecule has 0 aromatic heterocycles. The summed E-state index contributed by atoms with van der Waals surface area (Å²) in [7, 11) is 0. The number of aliphatic carboxylic acids is 1. The first-order valence-corrected chi connectivity index (χ1v) is 6.23. The van der Waals surface area contributed by atoms with Crippen LogP contribution in [0.5, 0.6) is 0 Å². The highest BCUT2D eigenvalue weighted by atomic mass is 19.4. The van der Waals surface area contributed by atoms with Crippen LogP contribution in [0.2, 0.25) is 0 Å². The van der Waals surface area contributed by atoms with Crippen LogP contribution < -0.4 is 5.32 Å². The molecule has 0 heterocycles. The number of hydrogen-bond acceptors (Lipinski definition) is 2. The SMILES string of the molecule is C/C(=C\C(=O)NC/C=C/C(=O)O)c1cccc(C(F)(F)F)c1. The molecule has 1 rings (SSSR count). The predicted molar refractivity (Wildman–Crippen MR) is 74.9 cm³/mol. The Bertz CT molecular complexity index is 619. The topological polar surface area (TPSA) is 66.4 Å².